The molecule has 0 bridgehead atoms. The summed E-state index contributed by atoms with van der Waals surface area (Å²) in [6.07, 6.45) is 38.2. The molecule has 0 fully saturated rings. The van der Waals surface area contributed by atoms with Gasteiger partial charge in [-0.3, -0.25) is 0 Å². The van der Waals surface area contributed by atoms with E-state index in [2.05, 4.69) is 65.8 Å². The number of unbranched alkanes of at least 4 members (excludes halogenated alkanes) is 25. The average Bonchev–Trinajstić information content (AvgIpc) is 0.839. The SMILES string of the molecule is CCCCCCCCCCCCOc1ccc(C(=O)Oc2ccc(-c3ccc(OCc4ccc(OC(C)CCCCCC)cc4)cc3)cc2)c(OCCCCOc2cc(OCCCCCCCCCCCC)ccc2C(=O)Oc2ccc(-c3ccc(OCc4ccc(OC(C)CCCCCC)cc4)cc3)cc2)c1. The topological polar surface area (TPSA) is 126 Å². The van der Waals surface area contributed by atoms with E-state index < -0.39 is 11.9 Å². The van der Waals surface area contributed by atoms with Crippen molar-refractivity contribution in [2.24, 2.45) is 0 Å². The Kier molecular flexibility index (Phi) is 39.8. The van der Waals surface area contributed by atoms with Crippen molar-refractivity contribution in [1.29, 1.82) is 0 Å². The van der Waals surface area contributed by atoms with E-state index in [0.29, 0.717) is 73.8 Å². The second-order valence-electron chi connectivity index (χ2n) is 29.1. The first-order valence-electron chi connectivity index (χ1n) is 41.5. The van der Waals surface area contributed by atoms with Gasteiger partial charge in [0, 0.05) is 12.1 Å². The van der Waals surface area contributed by atoms with Crippen LogP contribution >= 0.6 is 0 Å². The number of carbonyl (C=O) groups excluding carboxylic acids is 2. The Hall–Kier alpha value is -8.90. The summed E-state index contributed by atoms with van der Waals surface area (Å²) >= 11 is 0. The molecule has 12 heteroatoms. The lowest BCUT2D eigenvalue weighted by atomic mass is 10.1. The molecule has 12 nitrogen and oxygen atoms in total. The van der Waals surface area contributed by atoms with E-state index in [1.807, 2.05) is 109 Å². The van der Waals surface area contributed by atoms with Gasteiger partial charge in [0.05, 0.1) is 38.6 Å². The molecule has 0 amide bonds. The highest BCUT2D eigenvalue weighted by Gasteiger charge is 2.20. The Morgan fingerprint density at radius 1 is 0.259 bits per heavy atom. The zero-order valence-corrected chi connectivity index (χ0v) is 66.2. The van der Waals surface area contributed by atoms with Crippen molar-refractivity contribution in [2.45, 2.75) is 272 Å². The van der Waals surface area contributed by atoms with Crippen molar-refractivity contribution in [3.63, 3.8) is 0 Å². The van der Waals surface area contributed by atoms with Gasteiger partial charge < -0.3 is 47.4 Å². The van der Waals surface area contributed by atoms with Crippen LogP contribution in [0.1, 0.15) is 279 Å². The fourth-order valence-corrected chi connectivity index (χ4v) is 13.1. The molecular weight excluding hydrogens is 1350 g/mol. The third-order valence-electron chi connectivity index (χ3n) is 19.7. The van der Waals surface area contributed by atoms with E-state index >= 15 is 0 Å². The molecule has 0 aliphatic carbocycles. The molecule has 0 aliphatic rings. The Morgan fingerprint density at radius 2 is 0.519 bits per heavy atom. The van der Waals surface area contributed by atoms with E-state index in [0.717, 1.165) is 94.9 Å². The van der Waals surface area contributed by atoms with E-state index in [4.69, 9.17) is 47.4 Å². The smallest absolute Gasteiger partial charge is 0.347 e. The highest BCUT2D eigenvalue weighted by Crippen LogP contribution is 2.33. The normalized spacial score (nSPS) is 11.7. The maximum Gasteiger partial charge on any atom is 0.347 e. The Morgan fingerprint density at radius 3 is 0.843 bits per heavy atom. The fraction of sp³-hybridized carbons (Fsp3) is 0.479. The minimum atomic E-state index is -0.543. The van der Waals surface area contributed by atoms with Gasteiger partial charge in [-0.1, -0.05) is 255 Å². The van der Waals surface area contributed by atoms with Gasteiger partial charge in [0.2, 0.25) is 0 Å². The molecule has 0 spiro atoms. The van der Waals surface area contributed by atoms with Crippen LogP contribution in [-0.4, -0.2) is 50.6 Å². The van der Waals surface area contributed by atoms with Crippen LogP contribution in [0.25, 0.3) is 22.3 Å². The lowest BCUT2D eigenvalue weighted by Crippen LogP contribution is -2.13. The number of hydrogen-bond acceptors (Lipinski definition) is 12. The van der Waals surface area contributed by atoms with Gasteiger partial charge in [0.25, 0.3) is 0 Å². The number of ether oxygens (including phenoxy) is 10. The molecule has 0 radical (unpaired) electrons. The minimum Gasteiger partial charge on any atom is -0.493 e. The summed E-state index contributed by atoms with van der Waals surface area (Å²) < 4.78 is 62.1. The summed E-state index contributed by atoms with van der Waals surface area (Å²) in [4.78, 5) is 28.2. The highest BCUT2D eigenvalue weighted by atomic mass is 16.5. The summed E-state index contributed by atoms with van der Waals surface area (Å²) in [6.45, 7) is 15.8. The van der Waals surface area contributed by atoms with Crippen LogP contribution in [0.4, 0.5) is 0 Å². The summed E-state index contributed by atoms with van der Waals surface area (Å²) in [7, 11) is 0. The Balaban J connectivity index is 0.848. The second-order valence-corrected chi connectivity index (χ2v) is 29.1. The van der Waals surface area contributed by atoms with Crippen LogP contribution in [0.2, 0.25) is 0 Å². The van der Waals surface area contributed by atoms with Crippen molar-refractivity contribution >= 4 is 11.9 Å². The van der Waals surface area contributed by atoms with Crippen molar-refractivity contribution in [2.75, 3.05) is 26.4 Å². The lowest BCUT2D eigenvalue weighted by Gasteiger charge is -2.15. The second kappa shape index (κ2) is 50.7. The summed E-state index contributed by atoms with van der Waals surface area (Å²) in [6, 6.07) is 57.9. The first-order chi connectivity index (χ1) is 53.1. The molecule has 582 valence electrons. The summed E-state index contributed by atoms with van der Waals surface area (Å²) in [5.74, 6) is 5.01. The van der Waals surface area contributed by atoms with E-state index in [1.165, 1.54) is 154 Å². The van der Waals surface area contributed by atoms with Crippen molar-refractivity contribution < 1.29 is 57.0 Å². The Bertz CT molecular complexity index is 3470. The molecule has 108 heavy (non-hydrogen) atoms. The lowest BCUT2D eigenvalue weighted by molar-refractivity contribution is 0.0719. The molecule has 0 heterocycles. The van der Waals surface area contributed by atoms with Gasteiger partial charge >= 0.3 is 11.9 Å². The molecule has 8 aromatic rings. The van der Waals surface area contributed by atoms with E-state index in [-0.39, 0.29) is 36.5 Å². The van der Waals surface area contributed by atoms with Gasteiger partial charge in [-0.2, -0.15) is 0 Å². The number of esters is 2. The third kappa shape index (κ3) is 32.5. The molecule has 0 saturated carbocycles. The van der Waals surface area contributed by atoms with Gasteiger partial charge in [-0.25, -0.2) is 9.59 Å². The minimum absolute atomic E-state index is 0.187. The molecular formula is C96H126O12. The molecule has 0 aromatic heterocycles. The van der Waals surface area contributed by atoms with Crippen LogP contribution in [0.3, 0.4) is 0 Å². The zero-order chi connectivity index (χ0) is 75.9. The molecule has 8 rings (SSSR count). The Labute approximate surface area is 648 Å². The largest absolute Gasteiger partial charge is 0.493 e. The fourth-order valence-electron chi connectivity index (χ4n) is 13.1. The van der Waals surface area contributed by atoms with Crippen LogP contribution in [0.5, 0.6) is 57.5 Å². The van der Waals surface area contributed by atoms with E-state index in [9.17, 15) is 9.59 Å². The maximum atomic E-state index is 14.1. The predicted octanol–water partition coefficient (Wildman–Crippen LogP) is 26.9. The monoisotopic (exact) mass is 1470 g/mol. The quantitative estimate of drug-likeness (QED) is 0.0205. The molecule has 0 saturated heterocycles. The molecule has 8 aromatic carbocycles. The highest BCUT2D eigenvalue weighted by molar-refractivity contribution is 5.95. The maximum absolute atomic E-state index is 14.1. The van der Waals surface area contributed by atoms with Gasteiger partial charge in [-0.15, -0.1) is 0 Å². The predicted molar refractivity (Wildman–Crippen MR) is 441 cm³/mol. The van der Waals surface area contributed by atoms with Crippen LogP contribution in [0, 0.1) is 0 Å². The number of carbonyl (C=O) groups is 2. The van der Waals surface area contributed by atoms with Crippen molar-refractivity contribution in [3.8, 4) is 79.7 Å². The van der Waals surface area contributed by atoms with Crippen molar-refractivity contribution in [3.05, 3.63) is 204 Å². The number of rotatable bonds is 57. The van der Waals surface area contributed by atoms with E-state index in [1.54, 1.807) is 48.5 Å². The van der Waals surface area contributed by atoms with Gasteiger partial charge in [-0.05, 0) is 196 Å². The van der Waals surface area contributed by atoms with Crippen LogP contribution in [-0.2, 0) is 13.2 Å². The van der Waals surface area contributed by atoms with Crippen molar-refractivity contribution in [1.82, 2.24) is 0 Å². The summed E-state index contributed by atoms with van der Waals surface area (Å²) in [5.41, 5.74) is 6.64. The van der Waals surface area contributed by atoms with Crippen LogP contribution < -0.4 is 47.4 Å². The first-order valence-corrected chi connectivity index (χ1v) is 41.5. The average molecular weight is 1470 g/mol. The standard InChI is InChI=1S/C96H126O12/c1-7-11-15-19-21-23-25-27-29-33-67-99-89-63-65-91(95(97)107-87-59-47-81(48-60-87)79-43-55-83(56-44-79)103-73-77-39-51-85(52-40-77)105-75(5)37-31-17-13-9-3)93(71-89)101-69-35-36-70-102-94-72-90(100-68-34-30-28-26-24-22-20-16-12-8-2)64-66-92(94)96(98)108-88-61-49-82(50-62-88)80-45-57-84(58-46-80)104-74-78-41-53-86(54-42-78)106-76(6)38-32-18-14-10-4/h39-66,71-72,75-76H,7-38,67-70,73-74H2,1-6H3. The van der Waals surface area contributed by atoms with Gasteiger partial charge in [0.15, 0.2) is 0 Å². The molecule has 2 atom stereocenters. The van der Waals surface area contributed by atoms with Gasteiger partial charge in [0.1, 0.15) is 81.8 Å². The van der Waals surface area contributed by atoms with Crippen LogP contribution in [0.15, 0.2) is 182 Å². The molecule has 0 N–H and O–H groups in total. The summed E-state index contributed by atoms with van der Waals surface area (Å²) in [5, 5.41) is 0. The molecule has 0 aliphatic heterocycles. The zero-order valence-electron chi connectivity index (χ0n) is 66.2. The first kappa shape index (κ1) is 84.7. The third-order valence-corrected chi connectivity index (χ3v) is 19.7. The number of hydrogen-bond donors (Lipinski definition) is 0. The number of benzene rings is 8. The molecule has 2 unspecified atom stereocenters.